The van der Waals surface area contributed by atoms with E-state index in [1.54, 1.807) is 17.9 Å². The van der Waals surface area contributed by atoms with Gasteiger partial charge in [-0.05, 0) is 12.1 Å². The third kappa shape index (κ3) is 1.80. The van der Waals surface area contributed by atoms with Gasteiger partial charge in [0.2, 0.25) is 0 Å². The van der Waals surface area contributed by atoms with Gasteiger partial charge in [-0.1, -0.05) is 17.3 Å². The smallest absolute Gasteiger partial charge is 0.161 e. The van der Waals surface area contributed by atoms with Crippen molar-refractivity contribution in [3.05, 3.63) is 36.2 Å². The van der Waals surface area contributed by atoms with Gasteiger partial charge in [-0.25, -0.2) is 0 Å². The predicted octanol–water partition coefficient (Wildman–Crippen LogP) is 0.655. The maximum absolute atomic E-state index is 6.17. The van der Waals surface area contributed by atoms with Gasteiger partial charge in [0.25, 0.3) is 0 Å². The fourth-order valence-electron chi connectivity index (χ4n) is 2.00. The summed E-state index contributed by atoms with van der Waals surface area (Å²) < 4.78 is 13.1. The van der Waals surface area contributed by atoms with Crippen LogP contribution < -0.4 is 15.2 Å². The molecule has 0 radical (unpaired) electrons. The van der Waals surface area contributed by atoms with Crippen LogP contribution in [0.25, 0.3) is 0 Å². The van der Waals surface area contributed by atoms with Crippen LogP contribution in [0.1, 0.15) is 11.7 Å². The third-order valence-electron chi connectivity index (χ3n) is 3.02. The minimum Gasteiger partial charge on any atom is -0.486 e. The van der Waals surface area contributed by atoms with Crippen LogP contribution >= 0.6 is 0 Å². The van der Waals surface area contributed by atoms with Crippen LogP contribution in [0.5, 0.6) is 11.5 Å². The Balaban J connectivity index is 1.82. The van der Waals surface area contributed by atoms with E-state index >= 15 is 0 Å². The van der Waals surface area contributed by atoms with Gasteiger partial charge in [-0.2, -0.15) is 0 Å². The van der Waals surface area contributed by atoms with E-state index in [1.165, 1.54) is 0 Å². The number of aryl methyl sites for hydroxylation is 1. The van der Waals surface area contributed by atoms with Crippen LogP contribution in [0, 0.1) is 0 Å². The van der Waals surface area contributed by atoms with Crippen molar-refractivity contribution < 1.29 is 9.47 Å². The van der Waals surface area contributed by atoms with Crippen LogP contribution in [0.4, 0.5) is 0 Å². The zero-order valence-corrected chi connectivity index (χ0v) is 9.98. The second kappa shape index (κ2) is 4.30. The summed E-state index contributed by atoms with van der Waals surface area (Å²) >= 11 is 0. The average Bonchev–Trinajstić information content (AvgIpc) is 2.83. The van der Waals surface area contributed by atoms with Gasteiger partial charge >= 0.3 is 0 Å². The summed E-state index contributed by atoms with van der Waals surface area (Å²) in [5.74, 6) is 1.48. The molecule has 6 heteroatoms. The fourth-order valence-corrected chi connectivity index (χ4v) is 2.00. The van der Waals surface area contributed by atoms with E-state index in [0.29, 0.717) is 6.61 Å². The zero-order valence-electron chi connectivity index (χ0n) is 9.98. The molecule has 0 bridgehead atoms. The van der Waals surface area contributed by atoms with Crippen LogP contribution in [0.3, 0.4) is 0 Å². The summed E-state index contributed by atoms with van der Waals surface area (Å²) in [6, 6.07) is 7.24. The summed E-state index contributed by atoms with van der Waals surface area (Å²) in [5, 5.41) is 7.69. The molecule has 1 aliphatic rings. The molecule has 0 aliphatic carbocycles. The lowest BCUT2D eigenvalue weighted by Gasteiger charge is -2.30. The van der Waals surface area contributed by atoms with Crippen LogP contribution in [-0.4, -0.2) is 27.7 Å². The van der Waals surface area contributed by atoms with E-state index in [-0.39, 0.29) is 12.1 Å². The first-order valence-corrected chi connectivity index (χ1v) is 5.74. The van der Waals surface area contributed by atoms with Crippen molar-refractivity contribution in [2.45, 2.75) is 12.1 Å². The molecule has 1 aliphatic heterocycles. The topological polar surface area (TPSA) is 75.2 Å². The lowest BCUT2D eigenvalue weighted by atomic mass is 10.1. The molecule has 2 aromatic rings. The van der Waals surface area contributed by atoms with E-state index in [9.17, 15) is 0 Å². The highest BCUT2D eigenvalue weighted by atomic mass is 16.6. The SMILES string of the molecule is Cn1nncc1C(N)C1COc2ccccc2O1. The Kier molecular flexibility index (Phi) is 2.64. The quantitative estimate of drug-likeness (QED) is 0.842. The van der Waals surface area contributed by atoms with Gasteiger partial charge < -0.3 is 15.2 Å². The van der Waals surface area contributed by atoms with E-state index < -0.39 is 0 Å². The Bertz CT molecular complexity index is 555. The molecule has 2 heterocycles. The zero-order chi connectivity index (χ0) is 12.5. The Hall–Kier alpha value is -2.08. The molecular weight excluding hydrogens is 232 g/mol. The summed E-state index contributed by atoms with van der Waals surface area (Å²) in [4.78, 5) is 0. The molecule has 0 spiro atoms. The number of nitrogens with two attached hydrogens (primary N) is 1. The van der Waals surface area contributed by atoms with Crippen LogP contribution in [0.2, 0.25) is 0 Å². The molecule has 0 fully saturated rings. The van der Waals surface area contributed by atoms with E-state index in [0.717, 1.165) is 17.2 Å². The summed E-state index contributed by atoms with van der Waals surface area (Å²) in [5.41, 5.74) is 6.99. The van der Waals surface area contributed by atoms with Gasteiger partial charge in [-0.3, -0.25) is 4.68 Å². The number of hydrogen-bond acceptors (Lipinski definition) is 5. The van der Waals surface area contributed by atoms with Gasteiger partial charge in [0.15, 0.2) is 17.6 Å². The first-order valence-electron chi connectivity index (χ1n) is 5.74. The predicted molar refractivity (Wildman–Crippen MR) is 64.3 cm³/mol. The van der Waals surface area contributed by atoms with E-state index in [2.05, 4.69) is 10.3 Å². The first-order chi connectivity index (χ1) is 8.75. The molecule has 0 saturated heterocycles. The molecule has 2 N–H and O–H groups in total. The Morgan fingerprint density at radius 2 is 2.17 bits per heavy atom. The van der Waals surface area contributed by atoms with Crippen molar-refractivity contribution in [1.82, 2.24) is 15.0 Å². The van der Waals surface area contributed by atoms with Gasteiger partial charge in [0.1, 0.15) is 6.61 Å². The van der Waals surface area contributed by atoms with Crippen molar-refractivity contribution in [3.8, 4) is 11.5 Å². The maximum atomic E-state index is 6.17. The summed E-state index contributed by atoms with van der Waals surface area (Å²) in [6.45, 7) is 0.420. The van der Waals surface area contributed by atoms with Crippen molar-refractivity contribution in [1.29, 1.82) is 0 Å². The van der Waals surface area contributed by atoms with E-state index in [4.69, 9.17) is 15.2 Å². The number of para-hydroxylation sites is 2. The minimum absolute atomic E-state index is 0.239. The Morgan fingerprint density at radius 1 is 1.39 bits per heavy atom. The lowest BCUT2D eigenvalue weighted by molar-refractivity contribution is 0.0702. The second-order valence-electron chi connectivity index (χ2n) is 4.22. The van der Waals surface area contributed by atoms with Crippen LogP contribution in [-0.2, 0) is 7.05 Å². The monoisotopic (exact) mass is 246 g/mol. The highest BCUT2D eigenvalue weighted by molar-refractivity contribution is 5.41. The van der Waals surface area contributed by atoms with Crippen LogP contribution in [0.15, 0.2) is 30.5 Å². The number of nitrogens with zero attached hydrogens (tertiary/aromatic N) is 3. The third-order valence-corrected chi connectivity index (χ3v) is 3.02. The lowest BCUT2D eigenvalue weighted by Crippen LogP contribution is -2.39. The number of hydrogen-bond donors (Lipinski definition) is 1. The number of fused-ring (bicyclic) bond motifs is 1. The molecule has 18 heavy (non-hydrogen) atoms. The second-order valence-corrected chi connectivity index (χ2v) is 4.22. The number of benzene rings is 1. The van der Waals surface area contributed by atoms with Gasteiger partial charge in [-0.15, -0.1) is 5.10 Å². The highest BCUT2D eigenvalue weighted by Crippen LogP contribution is 2.33. The fraction of sp³-hybridized carbons (Fsp3) is 0.333. The molecule has 2 unspecified atom stereocenters. The molecule has 2 atom stereocenters. The maximum Gasteiger partial charge on any atom is 0.161 e. The van der Waals surface area contributed by atoms with Crippen molar-refractivity contribution in [3.63, 3.8) is 0 Å². The molecule has 1 aromatic carbocycles. The molecule has 3 rings (SSSR count). The Labute approximate surface area is 104 Å². The molecule has 94 valence electrons. The van der Waals surface area contributed by atoms with Crippen molar-refractivity contribution in [2.75, 3.05) is 6.61 Å². The number of aromatic nitrogens is 3. The van der Waals surface area contributed by atoms with E-state index in [1.807, 2.05) is 24.3 Å². The standard InChI is InChI=1S/C12H14N4O2/c1-16-8(6-14-15-16)12(13)11-7-17-9-4-2-3-5-10(9)18-11/h2-6,11-12H,7,13H2,1H3. The number of ether oxygens (including phenoxy) is 2. The average molecular weight is 246 g/mol. The minimum atomic E-state index is -0.321. The number of rotatable bonds is 2. The summed E-state index contributed by atoms with van der Waals surface area (Å²) in [7, 11) is 1.81. The largest absolute Gasteiger partial charge is 0.486 e. The normalized spacial score (nSPS) is 19.6. The molecule has 0 amide bonds. The van der Waals surface area contributed by atoms with Gasteiger partial charge in [0.05, 0.1) is 17.9 Å². The van der Waals surface area contributed by atoms with Gasteiger partial charge in [0, 0.05) is 7.05 Å². The highest BCUT2D eigenvalue weighted by Gasteiger charge is 2.29. The molecule has 6 nitrogen and oxygen atoms in total. The molecular formula is C12H14N4O2. The van der Waals surface area contributed by atoms with Crippen molar-refractivity contribution in [2.24, 2.45) is 12.8 Å². The summed E-state index contributed by atoms with van der Waals surface area (Å²) in [6.07, 6.45) is 1.41. The van der Waals surface area contributed by atoms with Crippen molar-refractivity contribution >= 4 is 0 Å². The molecule has 1 aromatic heterocycles. The molecule has 0 saturated carbocycles. The Morgan fingerprint density at radius 3 is 2.89 bits per heavy atom. The first kappa shape index (κ1) is 11.0.